The number of halogens is 4. The topological polar surface area (TPSA) is 66.4 Å². The largest absolute Gasteiger partial charge is 0.501 e. The van der Waals surface area contributed by atoms with Gasteiger partial charge in [0.05, 0.1) is 5.69 Å². The number of hydrogen-bond acceptors (Lipinski definition) is 6. The van der Waals surface area contributed by atoms with E-state index in [-0.39, 0.29) is 18.3 Å². The van der Waals surface area contributed by atoms with Crippen LogP contribution in [0.3, 0.4) is 0 Å². The normalized spacial score (nSPS) is 17.8. The minimum atomic E-state index is -5.69. The summed E-state index contributed by atoms with van der Waals surface area (Å²) in [5.74, 6) is -0.414. The number of rotatable bonds is 5. The number of aromatic nitrogens is 2. The van der Waals surface area contributed by atoms with E-state index in [1.807, 2.05) is 4.90 Å². The molecule has 0 bridgehead atoms. The van der Waals surface area contributed by atoms with Crippen LogP contribution < -0.4 is 9.80 Å². The van der Waals surface area contributed by atoms with Crippen LogP contribution in [0.5, 0.6) is 0 Å². The van der Waals surface area contributed by atoms with Gasteiger partial charge in [-0.1, -0.05) is 0 Å². The van der Waals surface area contributed by atoms with Gasteiger partial charge >= 0.3 is 5.51 Å². The van der Waals surface area contributed by atoms with E-state index < -0.39 is 26.1 Å². The monoisotopic (exact) mass is 418 g/mol. The average molecular weight is 418 g/mol. The van der Waals surface area contributed by atoms with E-state index in [0.29, 0.717) is 18.4 Å². The molecule has 1 aliphatic rings. The zero-order chi connectivity index (χ0) is 20.5. The zero-order valence-electron chi connectivity index (χ0n) is 14.9. The lowest BCUT2D eigenvalue weighted by Crippen LogP contribution is -2.40. The SMILES string of the molecule is CN(CC1CCCN1c1cccnn1)c1ccc(F)cc1S(=O)(=O)C(F)(F)F. The lowest BCUT2D eigenvalue weighted by Gasteiger charge is -2.31. The van der Waals surface area contributed by atoms with Crippen LogP contribution in [-0.4, -0.2) is 50.3 Å². The van der Waals surface area contributed by atoms with Crippen LogP contribution in [0.25, 0.3) is 0 Å². The quantitative estimate of drug-likeness (QED) is 0.696. The summed E-state index contributed by atoms with van der Waals surface area (Å²) in [4.78, 5) is 2.29. The van der Waals surface area contributed by atoms with Gasteiger partial charge in [0.15, 0.2) is 5.82 Å². The Bertz CT molecular complexity index is 938. The Morgan fingerprint density at radius 1 is 1.29 bits per heavy atom. The second kappa shape index (κ2) is 7.53. The van der Waals surface area contributed by atoms with Crippen LogP contribution in [0.1, 0.15) is 12.8 Å². The number of sulfone groups is 1. The molecule has 1 fully saturated rings. The van der Waals surface area contributed by atoms with E-state index in [4.69, 9.17) is 0 Å². The van der Waals surface area contributed by atoms with Crippen molar-refractivity contribution < 1.29 is 26.0 Å². The molecule has 2 aromatic rings. The van der Waals surface area contributed by atoms with Crippen molar-refractivity contribution in [2.75, 3.05) is 29.9 Å². The maximum absolute atomic E-state index is 13.5. The van der Waals surface area contributed by atoms with Crippen molar-refractivity contribution in [3.05, 3.63) is 42.3 Å². The smallest absolute Gasteiger partial charge is 0.371 e. The molecule has 152 valence electrons. The summed E-state index contributed by atoms with van der Waals surface area (Å²) in [5.41, 5.74) is -5.72. The second-order valence-corrected chi connectivity index (χ2v) is 8.42. The predicted molar refractivity (Wildman–Crippen MR) is 95.3 cm³/mol. The van der Waals surface area contributed by atoms with Gasteiger partial charge in [0.1, 0.15) is 10.7 Å². The molecule has 0 saturated carbocycles. The Labute approximate surface area is 159 Å². The van der Waals surface area contributed by atoms with Gasteiger partial charge < -0.3 is 9.80 Å². The summed E-state index contributed by atoms with van der Waals surface area (Å²) < 4.78 is 76.4. The zero-order valence-corrected chi connectivity index (χ0v) is 15.7. The second-order valence-electron chi connectivity index (χ2n) is 6.51. The molecule has 1 aliphatic heterocycles. The molecule has 28 heavy (non-hydrogen) atoms. The molecule has 6 nitrogen and oxygen atoms in total. The van der Waals surface area contributed by atoms with Crippen LogP contribution in [0.2, 0.25) is 0 Å². The van der Waals surface area contributed by atoms with Crippen molar-refractivity contribution in [2.24, 2.45) is 0 Å². The van der Waals surface area contributed by atoms with Gasteiger partial charge in [0.2, 0.25) is 0 Å². The lowest BCUT2D eigenvalue weighted by atomic mass is 10.2. The standard InChI is InChI=1S/C17H18F4N4O2S/c1-24(11-13-4-3-9-25(13)16-5-2-8-22-23-16)14-7-6-12(18)10-15(14)28(26,27)17(19,20)21/h2,5-8,10,13H,3-4,9,11H2,1H3. The van der Waals surface area contributed by atoms with E-state index in [0.717, 1.165) is 25.0 Å². The first-order valence-corrected chi connectivity index (χ1v) is 9.96. The third kappa shape index (κ3) is 3.89. The van der Waals surface area contributed by atoms with E-state index >= 15 is 0 Å². The Hall–Kier alpha value is -2.43. The summed E-state index contributed by atoms with van der Waals surface area (Å²) in [5, 5.41) is 7.89. The first-order chi connectivity index (χ1) is 13.1. The number of likely N-dealkylation sites (N-methyl/N-ethyl adjacent to an activating group) is 1. The molecule has 1 aromatic carbocycles. The molecule has 0 N–H and O–H groups in total. The van der Waals surface area contributed by atoms with Gasteiger partial charge in [-0.05, 0) is 43.2 Å². The van der Waals surface area contributed by atoms with Crippen LogP contribution >= 0.6 is 0 Å². The summed E-state index contributed by atoms with van der Waals surface area (Å²) in [6.45, 7) is 0.941. The highest BCUT2D eigenvalue weighted by Crippen LogP contribution is 2.36. The summed E-state index contributed by atoms with van der Waals surface area (Å²) in [6.07, 6.45) is 3.14. The number of alkyl halides is 3. The molecule has 1 atom stereocenters. The van der Waals surface area contributed by atoms with Gasteiger partial charge in [-0.3, -0.25) is 0 Å². The molecule has 1 saturated heterocycles. The fourth-order valence-corrected chi connectivity index (χ4v) is 4.35. The highest BCUT2D eigenvalue weighted by Gasteiger charge is 2.48. The predicted octanol–water partition coefficient (Wildman–Crippen LogP) is 3.01. The third-order valence-corrected chi connectivity index (χ3v) is 6.16. The molecule has 3 rings (SSSR count). The Morgan fingerprint density at radius 3 is 2.68 bits per heavy atom. The van der Waals surface area contributed by atoms with Crippen LogP contribution in [0.4, 0.5) is 29.1 Å². The summed E-state index contributed by atoms with van der Waals surface area (Å²) >= 11 is 0. The Balaban J connectivity index is 1.90. The van der Waals surface area contributed by atoms with E-state index in [2.05, 4.69) is 10.2 Å². The van der Waals surface area contributed by atoms with Crippen LogP contribution in [0, 0.1) is 5.82 Å². The van der Waals surface area contributed by atoms with Crippen molar-refractivity contribution in [3.63, 3.8) is 0 Å². The molecule has 1 unspecified atom stereocenters. The third-order valence-electron chi connectivity index (χ3n) is 4.64. The highest BCUT2D eigenvalue weighted by atomic mass is 32.2. The maximum Gasteiger partial charge on any atom is 0.501 e. The molecule has 0 spiro atoms. The first-order valence-electron chi connectivity index (χ1n) is 8.47. The summed E-state index contributed by atoms with van der Waals surface area (Å²) in [6, 6.07) is 5.81. The van der Waals surface area contributed by atoms with Gasteiger partial charge in [-0.15, -0.1) is 5.10 Å². The van der Waals surface area contributed by atoms with Gasteiger partial charge in [0.25, 0.3) is 9.84 Å². The lowest BCUT2D eigenvalue weighted by molar-refractivity contribution is -0.0435. The molecular formula is C17H18F4N4O2S. The highest BCUT2D eigenvalue weighted by molar-refractivity contribution is 7.92. The minimum Gasteiger partial charge on any atom is -0.371 e. The molecule has 0 amide bonds. The molecular weight excluding hydrogens is 400 g/mol. The Kier molecular flexibility index (Phi) is 5.46. The van der Waals surface area contributed by atoms with Gasteiger partial charge in [-0.25, -0.2) is 12.8 Å². The van der Waals surface area contributed by atoms with E-state index in [9.17, 15) is 26.0 Å². The van der Waals surface area contributed by atoms with Crippen molar-refractivity contribution in [2.45, 2.75) is 29.3 Å². The maximum atomic E-state index is 13.5. The van der Waals surface area contributed by atoms with Crippen molar-refractivity contribution in [1.82, 2.24) is 10.2 Å². The minimum absolute atomic E-state index is 0.104. The molecule has 11 heteroatoms. The first kappa shape index (κ1) is 20.3. The van der Waals surface area contributed by atoms with E-state index in [1.165, 1.54) is 18.1 Å². The number of hydrogen-bond donors (Lipinski definition) is 0. The average Bonchev–Trinajstić information content (AvgIpc) is 3.09. The van der Waals surface area contributed by atoms with Crippen molar-refractivity contribution >= 4 is 21.3 Å². The number of nitrogens with zero attached hydrogens (tertiary/aromatic N) is 4. The molecule has 1 aromatic heterocycles. The number of benzene rings is 1. The van der Waals surface area contributed by atoms with E-state index in [1.54, 1.807) is 12.1 Å². The molecule has 0 radical (unpaired) electrons. The summed E-state index contributed by atoms with van der Waals surface area (Å²) in [7, 11) is -4.21. The van der Waals surface area contributed by atoms with Crippen molar-refractivity contribution in [1.29, 1.82) is 0 Å². The van der Waals surface area contributed by atoms with Gasteiger partial charge in [-0.2, -0.15) is 18.3 Å². The molecule has 2 heterocycles. The van der Waals surface area contributed by atoms with Crippen LogP contribution in [-0.2, 0) is 9.84 Å². The number of anilines is 2. The van der Waals surface area contributed by atoms with Gasteiger partial charge in [0, 0.05) is 32.4 Å². The fraction of sp³-hybridized carbons (Fsp3) is 0.412. The fourth-order valence-electron chi connectivity index (χ4n) is 3.33. The molecule has 0 aliphatic carbocycles. The Morgan fingerprint density at radius 2 is 2.04 bits per heavy atom. The van der Waals surface area contributed by atoms with Crippen LogP contribution in [0.15, 0.2) is 41.4 Å². The van der Waals surface area contributed by atoms with Crippen molar-refractivity contribution in [3.8, 4) is 0 Å².